The molecule has 1 aromatic heterocycles. The second kappa shape index (κ2) is 5.35. The maximum Gasteiger partial charge on any atom is 0.188 e. The summed E-state index contributed by atoms with van der Waals surface area (Å²) in [5, 5.41) is 0.661. The van der Waals surface area contributed by atoms with Crippen LogP contribution in [0.3, 0.4) is 0 Å². The molecule has 0 aliphatic rings. The minimum atomic E-state index is -0.352. The molecule has 0 unspecified atom stereocenters. The fourth-order valence-electron chi connectivity index (χ4n) is 1.61. The molecule has 18 heavy (non-hydrogen) atoms. The topological polar surface area (TPSA) is 51.8 Å². The number of nitrogens with two attached hydrogens (primary N) is 1. The molecule has 0 fully saturated rings. The minimum Gasteiger partial charge on any atom is -0.396 e. The van der Waals surface area contributed by atoms with Crippen molar-refractivity contribution in [1.29, 1.82) is 0 Å². The summed E-state index contributed by atoms with van der Waals surface area (Å²) in [6.07, 6.45) is 0. The van der Waals surface area contributed by atoms with Gasteiger partial charge in [-0.25, -0.2) is 14.4 Å². The lowest BCUT2D eigenvalue weighted by Gasteiger charge is -2.05. The normalized spacial score (nSPS) is 10.6. The number of nitrogen functional groups attached to an aromatic ring is 1. The average molecular weight is 263 g/mol. The zero-order valence-corrected chi connectivity index (χ0v) is 11.1. The summed E-state index contributed by atoms with van der Waals surface area (Å²) in [5.74, 6) is 0.120. The highest BCUT2D eigenvalue weighted by molar-refractivity contribution is 7.98. The van der Waals surface area contributed by atoms with Gasteiger partial charge in [-0.3, -0.25) is 0 Å². The molecular weight excluding hydrogens is 249 g/mol. The third-order valence-corrected chi connectivity index (χ3v) is 3.32. The first-order chi connectivity index (χ1) is 8.56. The van der Waals surface area contributed by atoms with Crippen molar-refractivity contribution >= 4 is 17.4 Å². The maximum absolute atomic E-state index is 13.7. The van der Waals surface area contributed by atoms with Crippen LogP contribution >= 0.6 is 11.8 Å². The second-order valence-electron chi connectivity index (χ2n) is 4.04. The van der Waals surface area contributed by atoms with Gasteiger partial charge in [-0.2, -0.15) is 0 Å². The van der Waals surface area contributed by atoms with Crippen molar-refractivity contribution in [1.82, 2.24) is 9.97 Å². The van der Waals surface area contributed by atoms with Crippen molar-refractivity contribution in [3.63, 3.8) is 0 Å². The molecule has 0 bridgehead atoms. The van der Waals surface area contributed by atoms with E-state index < -0.39 is 0 Å². The van der Waals surface area contributed by atoms with E-state index in [-0.39, 0.29) is 11.5 Å². The number of aryl methyl sites for hydroxylation is 2. The number of benzene rings is 1. The largest absolute Gasteiger partial charge is 0.396 e. The highest BCUT2D eigenvalue weighted by Gasteiger charge is 2.07. The molecule has 0 saturated carbocycles. The summed E-state index contributed by atoms with van der Waals surface area (Å²) in [4.78, 5) is 8.60. The molecule has 1 aromatic carbocycles. The summed E-state index contributed by atoms with van der Waals surface area (Å²) in [6, 6.07) is 6.93. The molecule has 0 radical (unpaired) electrons. The number of nitrogens with zero attached hydrogens (tertiary/aromatic N) is 2. The Morgan fingerprint density at radius 1 is 1.22 bits per heavy atom. The Bertz CT molecular complexity index is 552. The Morgan fingerprint density at radius 3 is 2.56 bits per heavy atom. The van der Waals surface area contributed by atoms with Gasteiger partial charge in [-0.05, 0) is 26.0 Å². The predicted octanol–water partition coefficient (Wildman–Crippen LogP) is 3.11. The van der Waals surface area contributed by atoms with Crippen molar-refractivity contribution in [3.8, 4) is 0 Å². The van der Waals surface area contributed by atoms with Crippen molar-refractivity contribution < 1.29 is 4.39 Å². The number of rotatable bonds is 3. The summed E-state index contributed by atoms with van der Waals surface area (Å²) in [6.45, 7) is 3.83. The van der Waals surface area contributed by atoms with Gasteiger partial charge < -0.3 is 5.73 Å². The van der Waals surface area contributed by atoms with Crippen LogP contribution in [0.4, 0.5) is 10.1 Å². The van der Waals surface area contributed by atoms with Gasteiger partial charge in [-0.1, -0.05) is 23.9 Å². The van der Waals surface area contributed by atoms with Crippen molar-refractivity contribution in [3.05, 3.63) is 47.0 Å². The van der Waals surface area contributed by atoms with Crippen molar-refractivity contribution in [2.24, 2.45) is 0 Å². The van der Waals surface area contributed by atoms with E-state index in [0.717, 1.165) is 11.4 Å². The predicted molar refractivity (Wildman–Crippen MR) is 71.9 cm³/mol. The van der Waals surface area contributed by atoms with Crippen LogP contribution in [0.1, 0.15) is 17.0 Å². The first-order valence-electron chi connectivity index (χ1n) is 5.54. The van der Waals surface area contributed by atoms with Crippen LogP contribution in [0, 0.1) is 19.7 Å². The molecule has 5 heteroatoms. The van der Waals surface area contributed by atoms with Crippen LogP contribution in [-0.2, 0) is 5.75 Å². The van der Waals surface area contributed by atoms with E-state index in [0.29, 0.717) is 16.5 Å². The highest BCUT2D eigenvalue weighted by atomic mass is 32.2. The van der Waals surface area contributed by atoms with E-state index in [1.165, 1.54) is 11.8 Å². The van der Waals surface area contributed by atoms with E-state index in [4.69, 9.17) is 5.73 Å². The summed E-state index contributed by atoms with van der Waals surface area (Å²) < 4.78 is 13.7. The van der Waals surface area contributed by atoms with E-state index >= 15 is 0 Å². The Kier molecular flexibility index (Phi) is 3.81. The van der Waals surface area contributed by atoms with Gasteiger partial charge in [0.25, 0.3) is 0 Å². The zero-order valence-electron chi connectivity index (χ0n) is 10.3. The smallest absolute Gasteiger partial charge is 0.188 e. The summed E-state index contributed by atoms with van der Waals surface area (Å²) >= 11 is 1.41. The molecule has 0 atom stereocenters. The molecule has 3 nitrogen and oxygen atoms in total. The maximum atomic E-state index is 13.7. The molecule has 0 saturated heterocycles. The van der Waals surface area contributed by atoms with Crippen LogP contribution in [0.15, 0.2) is 29.4 Å². The van der Waals surface area contributed by atoms with Gasteiger partial charge in [0.05, 0.1) is 5.69 Å². The molecule has 2 aromatic rings. The lowest BCUT2D eigenvalue weighted by atomic mass is 10.2. The van der Waals surface area contributed by atoms with Gasteiger partial charge in [0.2, 0.25) is 0 Å². The molecule has 0 spiro atoms. The zero-order chi connectivity index (χ0) is 13.1. The Balaban J connectivity index is 2.14. The summed E-state index contributed by atoms with van der Waals surface area (Å²) in [7, 11) is 0. The number of thioether (sulfide) groups is 1. The molecule has 0 amide bonds. The van der Waals surface area contributed by atoms with Gasteiger partial charge >= 0.3 is 0 Å². The molecule has 2 rings (SSSR count). The molecule has 94 valence electrons. The van der Waals surface area contributed by atoms with Crippen LogP contribution in [0.25, 0.3) is 0 Å². The summed E-state index contributed by atoms with van der Waals surface area (Å²) in [5.41, 5.74) is 8.10. The second-order valence-corrected chi connectivity index (χ2v) is 4.98. The van der Waals surface area contributed by atoms with Gasteiger partial charge in [0, 0.05) is 22.7 Å². The van der Waals surface area contributed by atoms with Crippen LogP contribution in [-0.4, -0.2) is 9.97 Å². The van der Waals surface area contributed by atoms with E-state index in [1.54, 1.807) is 18.2 Å². The number of halogens is 1. The third kappa shape index (κ3) is 2.98. The lowest BCUT2D eigenvalue weighted by molar-refractivity contribution is 0.622. The number of hydrogen-bond donors (Lipinski definition) is 1. The minimum absolute atomic E-state index is 0.175. The quantitative estimate of drug-likeness (QED) is 0.525. The van der Waals surface area contributed by atoms with Crippen LogP contribution in [0.2, 0.25) is 0 Å². The fraction of sp³-hybridized carbons (Fsp3) is 0.231. The Morgan fingerprint density at radius 2 is 1.89 bits per heavy atom. The SMILES string of the molecule is Cc1cc(C)nc(SCc2cccc(N)c2F)n1. The third-order valence-electron chi connectivity index (χ3n) is 2.43. The molecule has 0 aliphatic carbocycles. The monoisotopic (exact) mass is 263 g/mol. The first-order valence-corrected chi connectivity index (χ1v) is 6.53. The van der Waals surface area contributed by atoms with Crippen molar-refractivity contribution in [2.45, 2.75) is 24.8 Å². The van der Waals surface area contributed by atoms with Gasteiger partial charge in [-0.15, -0.1) is 0 Å². The molecular formula is C13H14FN3S. The number of hydrogen-bond acceptors (Lipinski definition) is 4. The molecule has 1 heterocycles. The van der Waals surface area contributed by atoms with Crippen molar-refractivity contribution in [2.75, 3.05) is 5.73 Å². The Labute approximate surface area is 110 Å². The highest BCUT2D eigenvalue weighted by Crippen LogP contribution is 2.23. The van der Waals surface area contributed by atoms with E-state index in [2.05, 4.69) is 9.97 Å². The number of anilines is 1. The van der Waals surface area contributed by atoms with Gasteiger partial charge in [0.1, 0.15) is 5.82 Å². The van der Waals surface area contributed by atoms with E-state index in [1.807, 2.05) is 19.9 Å². The number of aromatic nitrogens is 2. The first kappa shape index (κ1) is 12.8. The van der Waals surface area contributed by atoms with Gasteiger partial charge in [0.15, 0.2) is 5.16 Å². The van der Waals surface area contributed by atoms with E-state index in [9.17, 15) is 4.39 Å². The fourth-order valence-corrected chi connectivity index (χ4v) is 2.54. The Hall–Kier alpha value is -1.62. The molecule has 0 aliphatic heterocycles. The standard InChI is InChI=1S/C13H14FN3S/c1-8-6-9(2)17-13(16-8)18-7-10-4-3-5-11(15)12(10)14/h3-6H,7,15H2,1-2H3. The lowest BCUT2D eigenvalue weighted by Crippen LogP contribution is -1.97. The molecule has 2 N–H and O–H groups in total. The van der Waals surface area contributed by atoms with Crippen LogP contribution in [0.5, 0.6) is 0 Å². The average Bonchev–Trinajstić information content (AvgIpc) is 2.30. The van der Waals surface area contributed by atoms with Crippen LogP contribution < -0.4 is 5.73 Å².